The maximum absolute atomic E-state index is 13.6. The number of rotatable bonds is 7. The van der Waals surface area contributed by atoms with Gasteiger partial charge in [0.2, 0.25) is 5.75 Å². The lowest BCUT2D eigenvalue weighted by molar-refractivity contribution is -0.113. The highest BCUT2D eigenvalue weighted by atomic mass is 32.2. The van der Waals surface area contributed by atoms with Gasteiger partial charge in [-0.05, 0) is 83.8 Å². The number of methoxy groups -OCH3 is 2. The number of aromatic hydroxyl groups is 1. The molecule has 3 aromatic carbocycles. The smallest absolute Gasteiger partial charge is 0.271 e. The lowest BCUT2D eigenvalue weighted by atomic mass is 10.1. The summed E-state index contributed by atoms with van der Waals surface area (Å²) in [5.74, 6) is 0.277. The third-order valence-electron chi connectivity index (χ3n) is 5.78. The van der Waals surface area contributed by atoms with Gasteiger partial charge in [-0.3, -0.25) is 9.69 Å². The fourth-order valence-corrected chi connectivity index (χ4v) is 4.72. The summed E-state index contributed by atoms with van der Waals surface area (Å²) in [6, 6.07) is 19.3. The third kappa shape index (κ3) is 5.20. The molecular weight excluding hydrogens is 460 g/mol. The van der Waals surface area contributed by atoms with Crippen molar-refractivity contribution in [1.29, 1.82) is 0 Å². The summed E-state index contributed by atoms with van der Waals surface area (Å²) >= 11 is 1.31. The molecular formula is C28H28N2O4S. The Labute approximate surface area is 209 Å². The van der Waals surface area contributed by atoms with Crippen molar-refractivity contribution in [3.05, 3.63) is 82.3 Å². The minimum atomic E-state index is -0.172. The molecule has 1 N–H and O–H groups in total. The van der Waals surface area contributed by atoms with Gasteiger partial charge in [0, 0.05) is 0 Å². The maximum atomic E-state index is 13.6. The number of carbonyl (C=O) groups excluding carboxylic acids is 1. The third-order valence-corrected chi connectivity index (χ3v) is 6.75. The first-order valence-electron chi connectivity index (χ1n) is 11.4. The summed E-state index contributed by atoms with van der Waals surface area (Å²) in [7, 11) is 2.94. The van der Waals surface area contributed by atoms with Crippen LogP contribution in [0, 0.1) is 0 Å². The van der Waals surface area contributed by atoms with E-state index in [4.69, 9.17) is 14.5 Å². The number of thioether (sulfide) groups is 1. The van der Waals surface area contributed by atoms with Crippen LogP contribution >= 0.6 is 11.8 Å². The van der Waals surface area contributed by atoms with Crippen LogP contribution in [-0.2, 0) is 17.6 Å². The van der Waals surface area contributed by atoms with Crippen LogP contribution in [0.25, 0.3) is 6.08 Å². The van der Waals surface area contributed by atoms with Gasteiger partial charge >= 0.3 is 0 Å². The number of ether oxygens (including phenoxy) is 2. The number of amidine groups is 1. The van der Waals surface area contributed by atoms with Crippen LogP contribution in [0.5, 0.6) is 17.2 Å². The van der Waals surface area contributed by atoms with Crippen molar-refractivity contribution in [2.45, 2.75) is 26.7 Å². The lowest BCUT2D eigenvalue weighted by Crippen LogP contribution is -2.28. The zero-order valence-corrected chi connectivity index (χ0v) is 21.1. The fraction of sp³-hybridized carbons (Fsp3) is 0.214. The normalized spacial score (nSPS) is 15.8. The standard InChI is InChI=1S/C28H28N2O4S/c1-5-18-7-11-21(12-8-18)29-28-30(22-13-9-19(6-2)10-14-22)27(32)25(35-28)17-20-15-23(33-3)26(31)24(16-20)34-4/h7-17,31H,5-6H2,1-4H3. The topological polar surface area (TPSA) is 71.4 Å². The molecule has 1 aliphatic heterocycles. The average Bonchev–Trinajstić information content (AvgIpc) is 3.19. The molecule has 0 unspecified atom stereocenters. The first kappa shape index (κ1) is 24.4. The Balaban J connectivity index is 1.77. The van der Waals surface area contributed by atoms with E-state index in [9.17, 15) is 9.90 Å². The molecule has 0 saturated carbocycles. The maximum Gasteiger partial charge on any atom is 0.271 e. The first-order chi connectivity index (χ1) is 17.0. The number of anilines is 1. The van der Waals surface area contributed by atoms with E-state index in [0.29, 0.717) is 15.6 Å². The fourth-order valence-electron chi connectivity index (χ4n) is 3.72. The van der Waals surface area contributed by atoms with Crippen LogP contribution in [0.4, 0.5) is 11.4 Å². The van der Waals surface area contributed by atoms with Crippen molar-refractivity contribution < 1.29 is 19.4 Å². The largest absolute Gasteiger partial charge is 0.502 e. The Morgan fingerprint density at radius 1 is 0.914 bits per heavy atom. The Hall–Kier alpha value is -3.71. The zero-order valence-electron chi connectivity index (χ0n) is 20.2. The van der Waals surface area contributed by atoms with Gasteiger partial charge in [0.15, 0.2) is 16.7 Å². The highest BCUT2D eigenvalue weighted by molar-refractivity contribution is 8.19. The minimum Gasteiger partial charge on any atom is -0.502 e. The molecule has 0 atom stereocenters. The number of hydrogen-bond donors (Lipinski definition) is 1. The van der Waals surface area contributed by atoms with Crippen LogP contribution < -0.4 is 14.4 Å². The van der Waals surface area contributed by atoms with E-state index >= 15 is 0 Å². The quantitative estimate of drug-likeness (QED) is 0.393. The Kier molecular flexibility index (Phi) is 7.46. The molecule has 7 heteroatoms. The minimum absolute atomic E-state index is 0.0852. The van der Waals surface area contributed by atoms with Crippen LogP contribution in [0.3, 0.4) is 0 Å². The molecule has 3 aromatic rings. The predicted octanol–water partition coefficient (Wildman–Crippen LogP) is 6.34. The molecule has 1 amide bonds. The van der Waals surface area contributed by atoms with Gasteiger partial charge in [-0.15, -0.1) is 0 Å². The molecule has 35 heavy (non-hydrogen) atoms. The predicted molar refractivity (Wildman–Crippen MR) is 143 cm³/mol. The van der Waals surface area contributed by atoms with Gasteiger partial charge in [-0.2, -0.15) is 0 Å². The first-order valence-corrected chi connectivity index (χ1v) is 12.2. The van der Waals surface area contributed by atoms with Gasteiger partial charge in [0.1, 0.15) is 0 Å². The van der Waals surface area contributed by atoms with E-state index in [-0.39, 0.29) is 23.2 Å². The van der Waals surface area contributed by atoms with Crippen molar-refractivity contribution in [1.82, 2.24) is 0 Å². The Bertz CT molecular complexity index is 1260. The van der Waals surface area contributed by atoms with Crippen molar-refractivity contribution in [2.75, 3.05) is 19.1 Å². The number of hydrogen-bond acceptors (Lipinski definition) is 6. The number of amides is 1. The van der Waals surface area contributed by atoms with Crippen LogP contribution in [-0.4, -0.2) is 30.4 Å². The molecule has 0 aliphatic carbocycles. The van der Waals surface area contributed by atoms with Crippen molar-refractivity contribution >= 4 is 40.3 Å². The van der Waals surface area contributed by atoms with Gasteiger partial charge in [0.05, 0.1) is 30.5 Å². The SMILES string of the molecule is CCc1ccc(N=C2SC(=Cc3cc(OC)c(O)c(OC)c3)C(=O)N2c2ccc(CC)cc2)cc1. The van der Waals surface area contributed by atoms with Crippen molar-refractivity contribution in [3.63, 3.8) is 0 Å². The molecule has 1 heterocycles. The highest BCUT2D eigenvalue weighted by Gasteiger charge is 2.35. The summed E-state index contributed by atoms with van der Waals surface area (Å²) in [5, 5.41) is 10.8. The van der Waals surface area contributed by atoms with Gasteiger partial charge in [0.25, 0.3) is 5.91 Å². The summed E-state index contributed by atoms with van der Waals surface area (Å²) < 4.78 is 10.5. The van der Waals surface area contributed by atoms with Crippen LogP contribution in [0.15, 0.2) is 70.6 Å². The highest BCUT2D eigenvalue weighted by Crippen LogP contribution is 2.41. The van der Waals surface area contributed by atoms with E-state index in [0.717, 1.165) is 24.2 Å². The second kappa shape index (κ2) is 10.7. The van der Waals surface area contributed by atoms with E-state index in [1.807, 2.05) is 48.5 Å². The van der Waals surface area contributed by atoms with Crippen LogP contribution in [0.1, 0.15) is 30.5 Å². The monoisotopic (exact) mass is 488 g/mol. The van der Waals surface area contributed by atoms with E-state index in [2.05, 4.69) is 13.8 Å². The molecule has 0 aromatic heterocycles. The van der Waals surface area contributed by atoms with E-state index < -0.39 is 0 Å². The zero-order chi connectivity index (χ0) is 24.9. The molecule has 1 aliphatic rings. The number of phenolic OH excluding ortho intramolecular Hbond substituents is 1. The number of benzene rings is 3. The Morgan fingerprint density at radius 2 is 1.46 bits per heavy atom. The molecule has 6 nitrogen and oxygen atoms in total. The second-order valence-corrected chi connectivity index (χ2v) is 8.97. The summed E-state index contributed by atoms with van der Waals surface area (Å²) in [5.41, 5.74) is 4.63. The van der Waals surface area contributed by atoms with Gasteiger partial charge in [-0.25, -0.2) is 4.99 Å². The average molecular weight is 489 g/mol. The molecule has 1 saturated heterocycles. The van der Waals surface area contributed by atoms with Gasteiger partial charge < -0.3 is 14.6 Å². The Morgan fingerprint density at radius 3 is 1.97 bits per heavy atom. The summed E-state index contributed by atoms with van der Waals surface area (Å²) in [6.45, 7) is 4.21. The van der Waals surface area contributed by atoms with Gasteiger partial charge in [-0.1, -0.05) is 38.1 Å². The number of aliphatic imine (C=N–C) groups is 1. The van der Waals surface area contributed by atoms with Crippen molar-refractivity contribution in [3.8, 4) is 17.2 Å². The van der Waals surface area contributed by atoms with E-state index in [1.54, 1.807) is 23.1 Å². The second-order valence-electron chi connectivity index (χ2n) is 7.96. The molecule has 0 bridgehead atoms. The number of carbonyl (C=O) groups is 1. The van der Waals surface area contributed by atoms with E-state index in [1.165, 1.54) is 37.1 Å². The number of aryl methyl sites for hydroxylation is 2. The molecule has 4 rings (SSSR count). The molecule has 0 radical (unpaired) electrons. The summed E-state index contributed by atoms with van der Waals surface area (Å²) in [4.78, 5) is 20.5. The number of phenols is 1. The van der Waals surface area contributed by atoms with Crippen LogP contribution in [0.2, 0.25) is 0 Å². The lowest BCUT2D eigenvalue weighted by Gasteiger charge is -2.16. The molecule has 1 fully saturated rings. The molecule has 180 valence electrons. The van der Waals surface area contributed by atoms with Crippen molar-refractivity contribution in [2.24, 2.45) is 4.99 Å². The molecule has 0 spiro atoms. The summed E-state index contributed by atoms with van der Waals surface area (Å²) in [6.07, 6.45) is 3.63. The number of nitrogens with zero attached hydrogens (tertiary/aromatic N) is 2.